The molecule has 0 spiro atoms. The number of nitro groups is 1. The summed E-state index contributed by atoms with van der Waals surface area (Å²) in [7, 11) is 0. The summed E-state index contributed by atoms with van der Waals surface area (Å²) in [6.07, 6.45) is 0. The molecule has 0 radical (unpaired) electrons. The van der Waals surface area contributed by atoms with Crippen LogP contribution in [0.2, 0.25) is 4.34 Å². The Morgan fingerprint density at radius 3 is 2.47 bits per heavy atom. The van der Waals surface area contributed by atoms with Gasteiger partial charge in [-0.15, -0.1) is 11.3 Å². The molecule has 2 aromatic rings. The molecule has 1 heterocycles. The van der Waals surface area contributed by atoms with Crippen molar-refractivity contribution in [1.29, 1.82) is 0 Å². The molecule has 0 amide bonds. The highest BCUT2D eigenvalue weighted by Gasteiger charge is 2.05. The lowest BCUT2D eigenvalue weighted by molar-refractivity contribution is -0.384. The number of hydrogen-bond acceptors (Lipinski definition) is 4. The number of rotatable bonds is 4. The molecule has 0 atom stereocenters. The van der Waals surface area contributed by atoms with Crippen molar-refractivity contribution in [2.75, 3.05) is 0 Å². The third-order valence-corrected chi connectivity index (χ3v) is 3.26. The van der Waals surface area contributed by atoms with Gasteiger partial charge in [0.15, 0.2) is 0 Å². The lowest BCUT2D eigenvalue weighted by atomic mass is 10.3. The van der Waals surface area contributed by atoms with Crippen LogP contribution in [0.4, 0.5) is 5.69 Å². The van der Waals surface area contributed by atoms with Crippen LogP contribution in [0.3, 0.4) is 0 Å². The minimum atomic E-state index is -0.442. The van der Waals surface area contributed by atoms with Crippen LogP contribution in [-0.2, 0) is 6.61 Å². The third kappa shape index (κ3) is 3.18. The Bertz CT molecular complexity index is 524. The standard InChI is InChI=1S/C11H8ClNO3S/c12-11-6-5-10(17-11)7-16-9-3-1-8(2-4-9)13(14)15/h1-6H,7H2. The second-order valence-corrected chi connectivity index (χ2v) is 5.05. The molecule has 0 unspecified atom stereocenters. The Morgan fingerprint density at radius 1 is 1.24 bits per heavy atom. The number of non-ortho nitro benzene ring substituents is 1. The van der Waals surface area contributed by atoms with Gasteiger partial charge in [-0.05, 0) is 24.3 Å². The second-order valence-electron chi connectivity index (χ2n) is 3.25. The predicted octanol–water partition coefficient (Wildman–Crippen LogP) is 3.89. The molecule has 1 aromatic heterocycles. The van der Waals surface area contributed by atoms with Gasteiger partial charge in [0.05, 0.1) is 9.26 Å². The molecular weight excluding hydrogens is 262 g/mol. The van der Waals surface area contributed by atoms with Crippen LogP contribution in [0.25, 0.3) is 0 Å². The first-order valence-corrected chi connectivity index (χ1v) is 5.96. The van der Waals surface area contributed by atoms with E-state index in [1.165, 1.54) is 23.5 Å². The number of nitrogens with zero attached hydrogens (tertiary/aromatic N) is 1. The molecule has 0 aliphatic carbocycles. The van der Waals surface area contributed by atoms with Crippen LogP contribution >= 0.6 is 22.9 Å². The maximum Gasteiger partial charge on any atom is 0.269 e. The van der Waals surface area contributed by atoms with E-state index in [0.717, 1.165) is 4.88 Å². The molecule has 2 rings (SSSR count). The molecule has 0 N–H and O–H groups in total. The summed E-state index contributed by atoms with van der Waals surface area (Å²) in [6, 6.07) is 9.67. The Balaban J connectivity index is 1.97. The minimum absolute atomic E-state index is 0.0523. The fourth-order valence-corrected chi connectivity index (χ4v) is 2.25. The van der Waals surface area contributed by atoms with Gasteiger partial charge in [0.1, 0.15) is 12.4 Å². The normalized spacial score (nSPS) is 10.2. The zero-order valence-electron chi connectivity index (χ0n) is 8.63. The van der Waals surface area contributed by atoms with Gasteiger partial charge in [-0.2, -0.15) is 0 Å². The summed E-state index contributed by atoms with van der Waals surface area (Å²) in [5.74, 6) is 0.597. The van der Waals surface area contributed by atoms with Crippen LogP contribution in [0.5, 0.6) is 5.75 Å². The maximum atomic E-state index is 10.4. The first kappa shape index (κ1) is 11.9. The van der Waals surface area contributed by atoms with E-state index in [2.05, 4.69) is 0 Å². The van der Waals surface area contributed by atoms with Gasteiger partial charge in [-0.25, -0.2) is 0 Å². The predicted molar refractivity (Wildman–Crippen MR) is 66.8 cm³/mol. The molecule has 1 aromatic carbocycles. The molecule has 0 saturated heterocycles. The number of nitro benzene ring substituents is 1. The summed E-state index contributed by atoms with van der Waals surface area (Å²) in [4.78, 5) is 11.0. The summed E-state index contributed by atoms with van der Waals surface area (Å²) in [5.41, 5.74) is 0.0523. The number of hydrogen-bond donors (Lipinski definition) is 0. The van der Waals surface area contributed by atoms with Gasteiger partial charge >= 0.3 is 0 Å². The molecule has 88 valence electrons. The largest absolute Gasteiger partial charge is 0.488 e. The van der Waals surface area contributed by atoms with Gasteiger partial charge < -0.3 is 4.74 Å². The number of ether oxygens (including phenoxy) is 1. The zero-order chi connectivity index (χ0) is 12.3. The first-order chi connectivity index (χ1) is 8.15. The molecule has 6 heteroatoms. The van der Waals surface area contributed by atoms with Crippen molar-refractivity contribution in [1.82, 2.24) is 0 Å². The number of benzene rings is 1. The van der Waals surface area contributed by atoms with Gasteiger partial charge in [-0.3, -0.25) is 10.1 Å². The van der Waals surface area contributed by atoms with Crippen molar-refractivity contribution in [3.63, 3.8) is 0 Å². The van der Waals surface area contributed by atoms with Crippen molar-refractivity contribution in [3.05, 3.63) is 55.7 Å². The van der Waals surface area contributed by atoms with E-state index in [0.29, 0.717) is 16.7 Å². The second kappa shape index (κ2) is 5.16. The smallest absolute Gasteiger partial charge is 0.269 e. The van der Waals surface area contributed by atoms with E-state index in [-0.39, 0.29) is 5.69 Å². The number of thiophene rings is 1. The zero-order valence-corrected chi connectivity index (χ0v) is 10.2. The highest BCUT2D eigenvalue weighted by molar-refractivity contribution is 7.16. The lowest BCUT2D eigenvalue weighted by Crippen LogP contribution is -1.93. The Hall–Kier alpha value is -1.59. The molecule has 4 nitrogen and oxygen atoms in total. The fraction of sp³-hybridized carbons (Fsp3) is 0.0909. The highest BCUT2D eigenvalue weighted by Crippen LogP contribution is 2.23. The Morgan fingerprint density at radius 2 is 1.94 bits per heavy atom. The lowest BCUT2D eigenvalue weighted by Gasteiger charge is -2.03. The molecule has 0 saturated carbocycles. The Kier molecular flexibility index (Phi) is 3.61. The summed E-state index contributed by atoms with van der Waals surface area (Å²) in [5, 5.41) is 10.4. The monoisotopic (exact) mass is 269 g/mol. The highest BCUT2D eigenvalue weighted by atomic mass is 35.5. The molecule has 0 aliphatic heterocycles. The molecule has 0 bridgehead atoms. The van der Waals surface area contributed by atoms with Crippen molar-refractivity contribution in [3.8, 4) is 5.75 Å². The van der Waals surface area contributed by atoms with Gasteiger partial charge in [-0.1, -0.05) is 11.6 Å². The average Bonchev–Trinajstić information content (AvgIpc) is 2.73. The van der Waals surface area contributed by atoms with Crippen molar-refractivity contribution < 1.29 is 9.66 Å². The fourth-order valence-electron chi connectivity index (χ4n) is 1.25. The van der Waals surface area contributed by atoms with E-state index >= 15 is 0 Å². The van der Waals surface area contributed by atoms with E-state index < -0.39 is 4.92 Å². The Labute approximate surface area is 107 Å². The van der Waals surface area contributed by atoms with Crippen molar-refractivity contribution in [2.24, 2.45) is 0 Å². The quantitative estimate of drug-likeness (QED) is 0.625. The van der Waals surface area contributed by atoms with E-state index in [1.807, 2.05) is 6.07 Å². The van der Waals surface area contributed by atoms with Crippen LogP contribution in [-0.4, -0.2) is 4.92 Å². The van der Waals surface area contributed by atoms with Crippen molar-refractivity contribution >= 4 is 28.6 Å². The topological polar surface area (TPSA) is 52.4 Å². The molecule has 17 heavy (non-hydrogen) atoms. The van der Waals surface area contributed by atoms with E-state index in [9.17, 15) is 10.1 Å². The summed E-state index contributed by atoms with van der Waals surface area (Å²) >= 11 is 7.23. The van der Waals surface area contributed by atoms with Crippen LogP contribution in [0, 0.1) is 10.1 Å². The third-order valence-electron chi connectivity index (χ3n) is 2.06. The van der Waals surface area contributed by atoms with Crippen molar-refractivity contribution in [2.45, 2.75) is 6.61 Å². The molecular formula is C11H8ClNO3S. The summed E-state index contributed by atoms with van der Waals surface area (Å²) in [6.45, 7) is 0.412. The van der Waals surface area contributed by atoms with Gasteiger partial charge in [0, 0.05) is 17.0 Å². The van der Waals surface area contributed by atoms with E-state index in [4.69, 9.17) is 16.3 Å². The first-order valence-electron chi connectivity index (χ1n) is 4.76. The van der Waals surface area contributed by atoms with Gasteiger partial charge in [0.2, 0.25) is 0 Å². The SMILES string of the molecule is O=[N+]([O-])c1ccc(OCc2ccc(Cl)s2)cc1. The van der Waals surface area contributed by atoms with Crippen LogP contribution in [0.1, 0.15) is 4.88 Å². The van der Waals surface area contributed by atoms with Crippen LogP contribution in [0.15, 0.2) is 36.4 Å². The average molecular weight is 270 g/mol. The van der Waals surface area contributed by atoms with Crippen LogP contribution < -0.4 is 4.74 Å². The number of halogens is 1. The van der Waals surface area contributed by atoms with Gasteiger partial charge in [0.25, 0.3) is 5.69 Å². The van der Waals surface area contributed by atoms with E-state index in [1.54, 1.807) is 18.2 Å². The maximum absolute atomic E-state index is 10.4. The molecule has 0 aliphatic rings. The summed E-state index contributed by atoms with van der Waals surface area (Å²) < 4.78 is 6.18. The minimum Gasteiger partial charge on any atom is -0.488 e. The molecule has 0 fully saturated rings.